The van der Waals surface area contributed by atoms with Gasteiger partial charge in [0.05, 0.1) is 22.6 Å². The average Bonchev–Trinajstić information content (AvgIpc) is 3.91. The van der Waals surface area contributed by atoms with Gasteiger partial charge in [0.1, 0.15) is 12.1 Å². The molecule has 4 N–H and O–H groups in total. The molecule has 0 aromatic rings. The number of hydrogen-bond acceptors (Lipinski definition) is 7. The molecule has 280 valence electrons. The molecule has 3 aliphatic carbocycles. The minimum absolute atomic E-state index is 0.0650. The number of ketones is 1. The summed E-state index contributed by atoms with van der Waals surface area (Å²) in [6.45, 7) is 13.7. The van der Waals surface area contributed by atoms with E-state index < -0.39 is 73.7 Å². The van der Waals surface area contributed by atoms with Crippen molar-refractivity contribution in [1.82, 2.24) is 26.2 Å². The molecule has 2 heterocycles. The standard InChI is InChI=1S/C37H59N5O7S/c1-7-20-38-32(45)29(43)25(17-16-23-14-15-23)39-31(44)28-27-24(36(27,5)6)22-42(28)33(46)30(35(2,3)4)40-34(47)41-37(18-10-8-11-19-37)26-13-9-12-21-50(26,48)49/h7,23-28,30H,1,8-22H2,2-6H3,(H,38,45)(H,39,44)(H2,40,41,47)/t24-,25?,26+,27-,28-,30+/m0/s1. The van der Waals surface area contributed by atoms with Crippen molar-refractivity contribution in [2.45, 2.75) is 141 Å². The summed E-state index contributed by atoms with van der Waals surface area (Å²) < 4.78 is 26.6. The Morgan fingerprint density at radius 1 is 0.960 bits per heavy atom. The molecule has 5 fully saturated rings. The molecular weight excluding hydrogens is 659 g/mol. The van der Waals surface area contributed by atoms with Gasteiger partial charge in [-0.1, -0.05) is 79.2 Å². The fourth-order valence-corrected chi connectivity index (χ4v) is 11.4. The van der Waals surface area contributed by atoms with E-state index in [4.69, 9.17) is 0 Å². The van der Waals surface area contributed by atoms with Crippen LogP contribution in [0.15, 0.2) is 12.7 Å². The highest BCUT2D eigenvalue weighted by Crippen LogP contribution is 2.65. The van der Waals surface area contributed by atoms with Crippen LogP contribution < -0.4 is 21.3 Å². The molecule has 0 radical (unpaired) electrons. The number of Topliss-reactive ketones (excluding diaryl/α,β-unsaturated/α-hetero) is 1. The second-order valence-electron chi connectivity index (χ2n) is 17.3. The molecule has 0 spiro atoms. The van der Waals surface area contributed by atoms with E-state index in [-0.39, 0.29) is 29.5 Å². The third-order valence-electron chi connectivity index (χ3n) is 12.3. The maximum atomic E-state index is 14.5. The minimum atomic E-state index is -3.39. The van der Waals surface area contributed by atoms with Crippen molar-refractivity contribution >= 4 is 39.4 Å². The van der Waals surface area contributed by atoms with Crippen molar-refractivity contribution in [2.24, 2.45) is 28.6 Å². The van der Waals surface area contributed by atoms with E-state index in [0.717, 1.165) is 38.5 Å². The van der Waals surface area contributed by atoms with Gasteiger partial charge < -0.3 is 26.2 Å². The van der Waals surface area contributed by atoms with Crippen molar-refractivity contribution in [2.75, 3.05) is 18.8 Å². The zero-order chi connectivity index (χ0) is 36.6. The Morgan fingerprint density at radius 3 is 2.24 bits per heavy atom. The predicted octanol–water partition coefficient (Wildman–Crippen LogP) is 3.40. The monoisotopic (exact) mass is 717 g/mol. The zero-order valence-corrected chi connectivity index (χ0v) is 31.5. The van der Waals surface area contributed by atoms with Crippen LogP contribution in [0.2, 0.25) is 0 Å². The predicted molar refractivity (Wildman–Crippen MR) is 191 cm³/mol. The van der Waals surface area contributed by atoms with Crippen LogP contribution in [0.5, 0.6) is 0 Å². The van der Waals surface area contributed by atoms with Crippen LogP contribution in [0.25, 0.3) is 0 Å². The molecule has 5 rings (SSSR count). The van der Waals surface area contributed by atoms with Crippen LogP contribution in [0.4, 0.5) is 4.79 Å². The molecule has 0 aromatic carbocycles. The highest BCUT2D eigenvalue weighted by molar-refractivity contribution is 7.92. The van der Waals surface area contributed by atoms with Crippen LogP contribution in [0.1, 0.15) is 112 Å². The van der Waals surface area contributed by atoms with E-state index in [1.807, 2.05) is 20.8 Å². The number of urea groups is 1. The summed E-state index contributed by atoms with van der Waals surface area (Å²) in [7, 11) is -3.39. The van der Waals surface area contributed by atoms with Gasteiger partial charge in [0.2, 0.25) is 17.6 Å². The fourth-order valence-electron chi connectivity index (χ4n) is 9.05. The maximum Gasteiger partial charge on any atom is 0.315 e. The molecule has 3 saturated carbocycles. The number of likely N-dealkylation sites (tertiary alicyclic amines) is 1. The number of amides is 5. The van der Waals surface area contributed by atoms with Gasteiger partial charge in [-0.2, -0.15) is 0 Å². The largest absolute Gasteiger partial charge is 0.346 e. The Labute approximate surface area is 298 Å². The Balaban J connectivity index is 1.35. The summed E-state index contributed by atoms with van der Waals surface area (Å²) in [4.78, 5) is 70.0. The van der Waals surface area contributed by atoms with E-state index in [2.05, 4.69) is 41.7 Å². The van der Waals surface area contributed by atoms with Crippen LogP contribution in [0, 0.1) is 28.6 Å². The summed E-state index contributed by atoms with van der Waals surface area (Å²) >= 11 is 0. The zero-order valence-electron chi connectivity index (χ0n) is 30.6. The SMILES string of the molecule is C=CCNC(=O)C(=O)C(CCC1CC1)NC(=O)[C@@H]1[C@@H]2[C@H](CN1C(=O)[C@@H](NC(=O)NC1([C@H]3CCCCS3(=O)=O)CCCCC1)C(C)(C)C)C2(C)C. The van der Waals surface area contributed by atoms with Gasteiger partial charge in [-0.15, -0.1) is 6.58 Å². The topological polar surface area (TPSA) is 171 Å². The molecule has 2 aliphatic heterocycles. The summed E-state index contributed by atoms with van der Waals surface area (Å²) in [6.07, 6.45) is 10.3. The van der Waals surface area contributed by atoms with Gasteiger partial charge >= 0.3 is 6.03 Å². The Bertz CT molecular complexity index is 1460. The number of carbonyl (C=O) groups excluding carboxylic acids is 5. The molecule has 50 heavy (non-hydrogen) atoms. The van der Waals surface area contributed by atoms with Crippen molar-refractivity contribution in [1.29, 1.82) is 0 Å². The van der Waals surface area contributed by atoms with Crippen LogP contribution in [-0.2, 0) is 29.0 Å². The van der Waals surface area contributed by atoms with E-state index in [9.17, 15) is 32.4 Å². The molecule has 12 nitrogen and oxygen atoms in total. The Morgan fingerprint density at radius 2 is 1.64 bits per heavy atom. The summed E-state index contributed by atoms with van der Waals surface area (Å²) in [5, 5.41) is 10.8. The molecule has 0 bridgehead atoms. The first-order valence-corrected chi connectivity index (χ1v) is 20.5. The Kier molecular flexibility index (Phi) is 11.2. The van der Waals surface area contributed by atoms with E-state index >= 15 is 0 Å². The highest BCUT2D eigenvalue weighted by atomic mass is 32.2. The summed E-state index contributed by atoms with van der Waals surface area (Å²) in [5.74, 6) is -1.85. The number of sulfone groups is 1. The van der Waals surface area contributed by atoms with Crippen molar-refractivity contribution in [3.8, 4) is 0 Å². The van der Waals surface area contributed by atoms with Gasteiger partial charge in [0.25, 0.3) is 5.91 Å². The molecule has 1 unspecified atom stereocenters. The normalized spacial score (nSPS) is 29.0. The number of fused-ring (bicyclic) bond motifs is 1. The van der Waals surface area contributed by atoms with Crippen molar-refractivity contribution in [3.63, 3.8) is 0 Å². The average molecular weight is 718 g/mol. The third kappa shape index (κ3) is 8.07. The number of carbonyl (C=O) groups is 5. The van der Waals surface area contributed by atoms with Gasteiger partial charge in [-0.05, 0) is 67.1 Å². The lowest BCUT2D eigenvalue weighted by molar-refractivity contribution is -0.145. The third-order valence-corrected chi connectivity index (χ3v) is 14.7. The second kappa shape index (κ2) is 14.6. The lowest BCUT2D eigenvalue weighted by atomic mass is 9.77. The molecule has 5 amide bonds. The number of hydrogen-bond donors (Lipinski definition) is 4. The van der Waals surface area contributed by atoms with E-state index in [1.165, 1.54) is 6.08 Å². The first-order valence-electron chi connectivity index (χ1n) is 18.8. The highest BCUT2D eigenvalue weighted by Gasteiger charge is 2.70. The summed E-state index contributed by atoms with van der Waals surface area (Å²) in [5.41, 5.74) is -1.84. The minimum Gasteiger partial charge on any atom is -0.346 e. The quantitative estimate of drug-likeness (QED) is 0.167. The molecule has 5 aliphatic rings. The molecule has 13 heteroatoms. The number of nitrogens with zero attached hydrogens (tertiary/aromatic N) is 1. The first-order chi connectivity index (χ1) is 23.4. The molecular formula is C37H59N5O7S. The number of nitrogens with one attached hydrogen (secondary N) is 4. The lowest BCUT2D eigenvalue weighted by Gasteiger charge is -2.45. The van der Waals surface area contributed by atoms with Crippen molar-refractivity contribution in [3.05, 3.63) is 12.7 Å². The van der Waals surface area contributed by atoms with Gasteiger partial charge in [-0.25, -0.2) is 13.2 Å². The number of rotatable bonds is 13. The Hall–Kier alpha value is -2.96. The second-order valence-corrected chi connectivity index (χ2v) is 19.6. The van der Waals surface area contributed by atoms with Gasteiger partial charge in [0, 0.05) is 13.1 Å². The van der Waals surface area contributed by atoms with E-state index in [1.54, 1.807) is 4.90 Å². The lowest BCUT2D eigenvalue weighted by Crippen LogP contribution is -2.66. The molecule has 2 saturated heterocycles. The summed E-state index contributed by atoms with van der Waals surface area (Å²) in [6, 6.07) is -3.49. The first kappa shape index (κ1) is 38.3. The molecule has 6 atom stereocenters. The van der Waals surface area contributed by atoms with E-state index in [0.29, 0.717) is 51.0 Å². The van der Waals surface area contributed by atoms with Gasteiger partial charge in [-0.3, -0.25) is 19.2 Å². The van der Waals surface area contributed by atoms with Crippen LogP contribution >= 0.6 is 0 Å². The maximum absolute atomic E-state index is 14.5. The van der Waals surface area contributed by atoms with Crippen molar-refractivity contribution < 1.29 is 32.4 Å². The smallest absolute Gasteiger partial charge is 0.315 e. The van der Waals surface area contributed by atoms with Crippen LogP contribution in [0.3, 0.4) is 0 Å². The number of piperidine rings is 1. The van der Waals surface area contributed by atoms with Gasteiger partial charge in [0.15, 0.2) is 9.84 Å². The molecule has 0 aromatic heterocycles. The fraction of sp³-hybridized carbons (Fsp3) is 0.811. The van der Waals surface area contributed by atoms with Crippen LogP contribution in [-0.4, -0.2) is 90.6 Å².